The van der Waals surface area contributed by atoms with Crippen LogP contribution >= 0.6 is 12.4 Å². The summed E-state index contributed by atoms with van der Waals surface area (Å²) in [7, 11) is 0. The molecule has 2 aromatic carbocycles. The zero-order valence-corrected chi connectivity index (χ0v) is 22.6. The molecule has 2 atom stereocenters. The predicted molar refractivity (Wildman–Crippen MR) is 144 cm³/mol. The molecule has 2 aromatic rings. The molecule has 2 saturated heterocycles. The van der Waals surface area contributed by atoms with E-state index in [0.717, 1.165) is 56.8 Å². The molecule has 0 aliphatic carbocycles. The third-order valence-corrected chi connectivity index (χ3v) is 6.44. The molecule has 2 heterocycles. The number of nitrogens with one attached hydrogen (secondary N) is 1. The number of ether oxygens (including phenoxy) is 1. The molecule has 7 heteroatoms. The van der Waals surface area contributed by atoms with E-state index >= 15 is 0 Å². The summed E-state index contributed by atoms with van der Waals surface area (Å²) in [5.74, 6) is 0.791. The molecule has 0 bridgehead atoms. The molecular weight excluding hydrogens is 482 g/mol. The highest BCUT2D eigenvalue weighted by molar-refractivity contribution is 5.85. The van der Waals surface area contributed by atoms with Crippen molar-refractivity contribution in [2.45, 2.75) is 64.9 Å². The van der Waals surface area contributed by atoms with Crippen LogP contribution in [0.2, 0.25) is 0 Å². The van der Waals surface area contributed by atoms with Crippen LogP contribution < -0.4 is 5.32 Å². The Balaban J connectivity index is 0.000000265. The first-order chi connectivity index (χ1) is 16.7. The van der Waals surface area contributed by atoms with E-state index in [4.69, 9.17) is 4.74 Å². The Labute approximate surface area is 221 Å². The van der Waals surface area contributed by atoms with Crippen LogP contribution in [0.15, 0.2) is 48.5 Å². The lowest BCUT2D eigenvalue weighted by molar-refractivity contribution is 0.0166. The van der Waals surface area contributed by atoms with Crippen LogP contribution in [-0.2, 0) is 17.6 Å². The molecule has 4 nitrogen and oxygen atoms in total. The van der Waals surface area contributed by atoms with Crippen molar-refractivity contribution in [3.63, 3.8) is 0 Å². The molecule has 2 fully saturated rings. The predicted octanol–water partition coefficient (Wildman–Crippen LogP) is 6.80. The molecule has 2 unspecified atom stereocenters. The largest absolute Gasteiger partial charge is 0.444 e. The second kappa shape index (κ2) is 14.5. The third kappa shape index (κ3) is 10.8. The number of hydrogen-bond donors (Lipinski definition) is 1. The highest BCUT2D eigenvalue weighted by Gasteiger charge is 2.27. The third-order valence-electron chi connectivity index (χ3n) is 6.44. The summed E-state index contributed by atoms with van der Waals surface area (Å²) in [6.07, 6.45) is 6.37. The van der Waals surface area contributed by atoms with E-state index < -0.39 is 5.60 Å². The van der Waals surface area contributed by atoms with Gasteiger partial charge in [0, 0.05) is 13.1 Å². The number of carbonyl (C=O) groups excluding carboxylic acids is 1. The fourth-order valence-corrected chi connectivity index (χ4v) is 4.73. The lowest BCUT2D eigenvalue weighted by Gasteiger charge is -2.34. The normalized spacial score (nSPS) is 20.0. The Morgan fingerprint density at radius 3 is 1.94 bits per heavy atom. The summed E-state index contributed by atoms with van der Waals surface area (Å²) in [4.78, 5) is 13.9. The zero-order chi connectivity index (χ0) is 25.3. The van der Waals surface area contributed by atoms with E-state index in [1.165, 1.54) is 30.5 Å². The van der Waals surface area contributed by atoms with Crippen molar-refractivity contribution in [2.24, 2.45) is 11.8 Å². The topological polar surface area (TPSA) is 41.6 Å². The summed E-state index contributed by atoms with van der Waals surface area (Å²) >= 11 is 0. The summed E-state index contributed by atoms with van der Waals surface area (Å²) in [6.45, 7) is 9.37. The smallest absolute Gasteiger partial charge is 0.410 e. The molecular formula is C29H41ClF2N2O2. The number of halogens is 3. The maximum Gasteiger partial charge on any atom is 0.410 e. The highest BCUT2D eigenvalue weighted by atomic mass is 35.5. The number of nitrogens with zero attached hydrogens (tertiary/aromatic N) is 1. The monoisotopic (exact) mass is 522 g/mol. The lowest BCUT2D eigenvalue weighted by Crippen LogP contribution is -2.43. The summed E-state index contributed by atoms with van der Waals surface area (Å²) in [6, 6.07) is 13.5. The zero-order valence-electron chi connectivity index (χ0n) is 21.8. The average Bonchev–Trinajstić information content (AvgIpc) is 2.82. The van der Waals surface area contributed by atoms with E-state index in [0.29, 0.717) is 12.5 Å². The second-order valence-corrected chi connectivity index (χ2v) is 10.8. The fourth-order valence-electron chi connectivity index (χ4n) is 4.73. The number of amides is 1. The van der Waals surface area contributed by atoms with E-state index in [2.05, 4.69) is 5.32 Å². The van der Waals surface area contributed by atoms with Gasteiger partial charge in [-0.05, 0) is 120 Å². The van der Waals surface area contributed by atoms with Crippen LogP contribution in [0.4, 0.5) is 13.6 Å². The fraction of sp³-hybridized carbons (Fsp3) is 0.552. The Hall–Kier alpha value is -2.18. The first-order valence-electron chi connectivity index (χ1n) is 12.9. The van der Waals surface area contributed by atoms with E-state index in [9.17, 15) is 13.6 Å². The van der Waals surface area contributed by atoms with Gasteiger partial charge in [-0.1, -0.05) is 24.3 Å². The SMILES string of the molecule is CC(C)(C)OC(=O)N1CCCC(Cc2ccc(F)cc2)C1.Cl.Fc1ccc(CC2CCCNC2)cc1. The molecule has 1 N–H and O–H groups in total. The van der Waals surface area contributed by atoms with Gasteiger partial charge in [0.15, 0.2) is 0 Å². The van der Waals surface area contributed by atoms with Crippen LogP contribution in [0.1, 0.15) is 57.6 Å². The lowest BCUT2D eigenvalue weighted by atomic mass is 9.91. The number of likely N-dealkylation sites (tertiary alicyclic amines) is 1. The van der Waals surface area contributed by atoms with Crippen molar-refractivity contribution in [3.05, 3.63) is 71.3 Å². The van der Waals surface area contributed by atoms with Crippen molar-refractivity contribution in [1.82, 2.24) is 10.2 Å². The number of hydrogen-bond acceptors (Lipinski definition) is 3. The van der Waals surface area contributed by atoms with Gasteiger partial charge in [-0.25, -0.2) is 13.6 Å². The van der Waals surface area contributed by atoms with Gasteiger partial charge in [0.05, 0.1) is 0 Å². The van der Waals surface area contributed by atoms with E-state index in [1.807, 2.05) is 45.0 Å². The first kappa shape index (κ1) is 30.0. The Bertz CT molecular complexity index is 910. The second-order valence-electron chi connectivity index (χ2n) is 10.8. The van der Waals surface area contributed by atoms with Gasteiger partial charge in [-0.2, -0.15) is 0 Å². The summed E-state index contributed by atoms with van der Waals surface area (Å²) < 4.78 is 31.0. The molecule has 0 saturated carbocycles. The van der Waals surface area contributed by atoms with Crippen LogP contribution in [0.5, 0.6) is 0 Å². The standard InChI is InChI=1S/C17H24FNO2.C12H16FN.ClH/c1-17(2,3)21-16(20)19-10-4-5-14(12-19)11-13-6-8-15(18)9-7-13;13-12-5-3-10(4-6-12)8-11-2-1-7-14-9-11;/h6-9,14H,4-5,10-12H2,1-3H3;3-6,11,14H,1-2,7-9H2;1H. The Kier molecular flexibility index (Phi) is 12.1. The van der Waals surface area contributed by atoms with Gasteiger partial charge in [-0.3, -0.25) is 0 Å². The van der Waals surface area contributed by atoms with Crippen molar-refractivity contribution in [2.75, 3.05) is 26.2 Å². The number of piperidine rings is 2. The molecule has 0 spiro atoms. The van der Waals surface area contributed by atoms with Gasteiger partial charge < -0.3 is 15.0 Å². The summed E-state index contributed by atoms with van der Waals surface area (Å²) in [5.41, 5.74) is 1.91. The molecule has 0 aromatic heterocycles. The van der Waals surface area contributed by atoms with Crippen molar-refractivity contribution in [1.29, 1.82) is 0 Å². The molecule has 2 aliphatic rings. The number of benzene rings is 2. The van der Waals surface area contributed by atoms with Crippen LogP contribution in [0, 0.1) is 23.5 Å². The number of carbonyl (C=O) groups is 1. The molecule has 200 valence electrons. The minimum Gasteiger partial charge on any atom is -0.444 e. The maximum atomic E-state index is 12.9. The molecule has 4 rings (SSSR count). The van der Waals surface area contributed by atoms with E-state index in [-0.39, 0.29) is 30.1 Å². The van der Waals surface area contributed by atoms with Gasteiger partial charge >= 0.3 is 6.09 Å². The highest BCUT2D eigenvalue weighted by Crippen LogP contribution is 2.23. The Morgan fingerprint density at radius 2 is 1.44 bits per heavy atom. The minimum absolute atomic E-state index is 0. The Morgan fingerprint density at radius 1 is 0.917 bits per heavy atom. The number of rotatable bonds is 4. The van der Waals surface area contributed by atoms with Crippen LogP contribution in [-0.4, -0.2) is 42.8 Å². The van der Waals surface area contributed by atoms with Crippen molar-refractivity contribution in [3.8, 4) is 0 Å². The van der Waals surface area contributed by atoms with Gasteiger partial charge in [0.2, 0.25) is 0 Å². The minimum atomic E-state index is -0.457. The van der Waals surface area contributed by atoms with Crippen molar-refractivity contribution < 1.29 is 18.3 Å². The van der Waals surface area contributed by atoms with Gasteiger partial charge in [-0.15, -0.1) is 12.4 Å². The quantitative estimate of drug-likeness (QED) is 0.480. The molecule has 1 amide bonds. The maximum absolute atomic E-state index is 12.9. The average molecular weight is 523 g/mol. The molecule has 2 aliphatic heterocycles. The van der Waals surface area contributed by atoms with Gasteiger partial charge in [0.25, 0.3) is 0 Å². The van der Waals surface area contributed by atoms with Gasteiger partial charge in [0.1, 0.15) is 17.2 Å². The summed E-state index contributed by atoms with van der Waals surface area (Å²) in [5, 5.41) is 3.39. The van der Waals surface area contributed by atoms with Crippen LogP contribution in [0.3, 0.4) is 0 Å². The first-order valence-corrected chi connectivity index (χ1v) is 12.9. The van der Waals surface area contributed by atoms with E-state index in [1.54, 1.807) is 17.0 Å². The molecule has 0 radical (unpaired) electrons. The van der Waals surface area contributed by atoms with Crippen LogP contribution in [0.25, 0.3) is 0 Å². The van der Waals surface area contributed by atoms with Crippen molar-refractivity contribution >= 4 is 18.5 Å². The molecule has 36 heavy (non-hydrogen) atoms.